The van der Waals surface area contributed by atoms with Crippen LogP contribution in [0.4, 0.5) is 5.00 Å². The SMILES string of the molecule is O=C(NCC1CC1)c1c(NC(=O)C2CC2)sc2c1CCCC2. The van der Waals surface area contributed by atoms with E-state index < -0.39 is 0 Å². The monoisotopic (exact) mass is 318 g/mol. The summed E-state index contributed by atoms with van der Waals surface area (Å²) in [4.78, 5) is 26.0. The molecule has 1 heterocycles. The Kier molecular flexibility index (Phi) is 3.68. The standard InChI is InChI=1S/C17H22N2O2S/c20-15(11-7-8-11)19-17-14(16(21)18-9-10-5-6-10)12-3-1-2-4-13(12)22-17/h10-11H,1-9H2,(H,18,21)(H,19,20). The maximum absolute atomic E-state index is 12.6. The molecule has 2 N–H and O–H groups in total. The topological polar surface area (TPSA) is 58.2 Å². The molecule has 4 rings (SSSR count). The molecule has 22 heavy (non-hydrogen) atoms. The van der Waals surface area contributed by atoms with Crippen molar-refractivity contribution in [1.29, 1.82) is 0 Å². The van der Waals surface area contributed by atoms with Gasteiger partial charge in [0.05, 0.1) is 5.56 Å². The highest BCUT2D eigenvalue weighted by molar-refractivity contribution is 7.17. The summed E-state index contributed by atoms with van der Waals surface area (Å²) >= 11 is 1.62. The van der Waals surface area contributed by atoms with Crippen LogP contribution in [0.25, 0.3) is 0 Å². The number of hydrogen-bond donors (Lipinski definition) is 2. The van der Waals surface area contributed by atoms with Crippen molar-refractivity contribution in [2.24, 2.45) is 11.8 Å². The van der Waals surface area contributed by atoms with Gasteiger partial charge in [0.1, 0.15) is 5.00 Å². The van der Waals surface area contributed by atoms with Crippen LogP contribution in [0.1, 0.15) is 59.3 Å². The lowest BCUT2D eigenvalue weighted by molar-refractivity contribution is -0.117. The molecule has 0 atom stereocenters. The van der Waals surface area contributed by atoms with Crippen molar-refractivity contribution >= 4 is 28.2 Å². The number of anilines is 1. The van der Waals surface area contributed by atoms with E-state index in [1.807, 2.05) is 0 Å². The van der Waals surface area contributed by atoms with E-state index in [2.05, 4.69) is 10.6 Å². The fourth-order valence-electron chi connectivity index (χ4n) is 3.10. The number of hydrogen-bond acceptors (Lipinski definition) is 3. The van der Waals surface area contributed by atoms with E-state index in [-0.39, 0.29) is 17.7 Å². The van der Waals surface area contributed by atoms with Crippen LogP contribution in [0, 0.1) is 11.8 Å². The molecular formula is C17H22N2O2S. The molecule has 2 fully saturated rings. The number of carbonyl (C=O) groups excluding carboxylic acids is 2. The van der Waals surface area contributed by atoms with Crippen molar-refractivity contribution in [3.63, 3.8) is 0 Å². The van der Waals surface area contributed by atoms with Crippen LogP contribution >= 0.6 is 11.3 Å². The molecule has 0 aromatic carbocycles. The Hall–Kier alpha value is -1.36. The smallest absolute Gasteiger partial charge is 0.254 e. The highest BCUT2D eigenvalue weighted by atomic mass is 32.1. The summed E-state index contributed by atoms with van der Waals surface area (Å²) in [5.74, 6) is 0.941. The first-order valence-corrected chi connectivity index (χ1v) is 9.27. The van der Waals surface area contributed by atoms with E-state index in [1.54, 1.807) is 11.3 Å². The number of amides is 2. The van der Waals surface area contributed by atoms with Gasteiger partial charge in [-0.1, -0.05) is 0 Å². The summed E-state index contributed by atoms with van der Waals surface area (Å²) in [6.45, 7) is 0.777. The number of rotatable bonds is 5. The molecule has 0 spiro atoms. The molecule has 0 bridgehead atoms. The third-order valence-electron chi connectivity index (χ3n) is 4.83. The van der Waals surface area contributed by atoms with Gasteiger partial charge in [0, 0.05) is 17.3 Å². The van der Waals surface area contributed by atoms with Crippen molar-refractivity contribution in [3.8, 4) is 0 Å². The largest absolute Gasteiger partial charge is 0.352 e. The molecule has 5 heteroatoms. The van der Waals surface area contributed by atoms with E-state index in [4.69, 9.17) is 0 Å². The fourth-order valence-corrected chi connectivity index (χ4v) is 4.39. The van der Waals surface area contributed by atoms with Crippen LogP contribution in [-0.4, -0.2) is 18.4 Å². The average Bonchev–Trinajstić information content (AvgIpc) is 3.41. The van der Waals surface area contributed by atoms with E-state index in [1.165, 1.54) is 29.7 Å². The molecule has 1 aromatic heterocycles. The van der Waals surface area contributed by atoms with Crippen LogP contribution in [-0.2, 0) is 17.6 Å². The van der Waals surface area contributed by atoms with E-state index in [9.17, 15) is 9.59 Å². The Morgan fingerprint density at radius 1 is 1.09 bits per heavy atom. The Balaban J connectivity index is 1.58. The summed E-state index contributed by atoms with van der Waals surface area (Å²) in [5, 5.41) is 6.89. The molecule has 0 aliphatic heterocycles. The molecule has 2 saturated carbocycles. The first-order chi connectivity index (χ1) is 10.7. The van der Waals surface area contributed by atoms with Crippen molar-refractivity contribution in [2.45, 2.75) is 51.4 Å². The van der Waals surface area contributed by atoms with Crippen molar-refractivity contribution < 1.29 is 9.59 Å². The third kappa shape index (κ3) is 2.91. The zero-order valence-corrected chi connectivity index (χ0v) is 13.6. The van der Waals surface area contributed by atoms with Crippen LogP contribution in [0.5, 0.6) is 0 Å². The lowest BCUT2D eigenvalue weighted by Crippen LogP contribution is -2.27. The quantitative estimate of drug-likeness (QED) is 0.876. The summed E-state index contributed by atoms with van der Waals surface area (Å²) in [6.07, 6.45) is 8.77. The summed E-state index contributed by atoms with van der Waals surface area (Å²) in [6, 6.07) is 0. The van der Waals surface area contributed by atoms with Crippen molar-refractivity contribution in [2.75, 3.05) is 11.9 Å². The normalized spacial score (nSPS) is 20.4. The Morgan fingerprint density at radius 2 is 1.86 bits per heavy atom. The first-order valence-electron chi connectivity index (χ1n) is 8.46. The third-order valence-corrected chi connectivity index (χ3v) is 6.04. The fraction of sp³-hybridized carbons (Fsp3) is 0.647. The second-order valence-electron chi connectivity index (χ2n) is 6.83. The van der Waals surface area contributed by atoms with Gasteiger partial charge < -0.3 is 10.6 Å². The molecular weight excluding hydrogens is 296 g/mol. The Labute approximate surface area is 134 Å². The molecule has 3 aliphatic rings. The van der Waals surface area contributed by atoms with Crippen LogP contribution in [0.15, 0.2) is 0 Å². The van der Waals surface area contributed by atoms with Gasteiger partial charge in [-0.2, -0.15) is 0 Å². The molecule has 4 nitrogen and oxygen atoms in total. The van der Waals surface area contributed by atoms with E-state index in [0.29, 0.717) is 5.92 Å². The summed E-state index contributed by atoms with van der Waals surface area (Å²) in [7, 11) is 0. The number of carbonyl (C=O) groups is 2. The molecule has 118 valence electrons. The van der Waals surface area contributed by atoms with Gasteiger partial charge in [-0.05, 0) is 62.8 Å². The van der Waals surface area contributed by atoms with Gasteiger partial charge >= 0.3 is 0 Å². The van der Waals surface area contributed by atoms with Gasteiger partial charge in [0.15, 0.2) is 0 Å². The lowest BCUT2D eigenvalue weighted by atomic mass is 9.95. The maximum atomic E-state index is 12.6. The molecule has 1 aromatic rings. The van der Waals surface area contributed by atoms with E-state index >= 15 is 0 Å². The minimum absolute atomic E-state index is 0.0115. The van der Waals surface area contributed by atoms with Gasteiger partial charge in [0.25, 0.3) is 5.91 Å². The highest BCUT2D eigenvalue weighted by Crippen LogP contribution is 2.39. The number of nitrogens with one attached hydrogen (secondary N) is 2. The first kappa shape index (κ1) is 14.2. The molecule has 0 unspecified atom stereocenters. The minimum Gasteiger partial charge on any atom is -0.352 e. The second kappa shape index (κ2) is 5.69. The van der Waals surface area contributed by atoms with Crippen LogP contribution in [0.3, 0.4) is 0 Å². The zero-order valence-electron chi connectivity index (χ0n) is 12.7. The minimum atomic E-state index is 0.0115. The van der Waals surface area contributed by atoms with Crippen molar-refractivity contribution in [3.05, 3.63) is 16.0 Å². The number of fused-ring (bicyclic) bond motifs is 1. The summed E-state index contributed by atoms with van der Waals surface area (Å²) in [5.41, 5.74) is 1.95. The Bertz CT molecular complexity index is 614. The highest BCUT2D eigenvalue weighted by Gasteiger charge is 2.33. The average molecular weight is 318 g/mol. The molecule has 3 aliphatic carbocycles. The predicted molar refractivity (Wildman–Crippen MR) is 87.4 cm³/mol. The van der Waals surface area contributed by atoms with Gasteiger partial charge in [-0.15, -0.1) is 11.3 Å². The van der Waals surface area contributed by atoms with Crippen LogP contribution < -0.4 is 10.6 Å². The molecule has 0 radical (unpaired) electrons. The zero-order chi connectivity index (χ0) is 15.1. The maximum Gasteiger partial charge on any atom is 0.254 e. The van der Waals surface area contributed by atoms with Gasteiger partial charge in [-0.3, -0.25) is 9.59 Å². The molecule has 0 saturated heterocycles. The van der Waals surface area contributed by atoms with Crippen molar-refractivity contribution in [1.82, 2.24) is 5.32 Å². The van der Waals surface area contributed by atoms with E-state index in [0.717, 1.165) is 49.2 Å². The molecule has 2 amide bonds. The predicted octanol–water partition coefficient (Wildman–Crippen LogP) is 3.12. The Morgan fingerprint density at radius 3 is 2.59 bits per heavy atom. The lowest BCUT2D eigenvalue weighted by Gasteiger charge is -2.13. The number of thiophene rings is 1. The van der Waals surface area contributed by atoms with Gasteiger partial charge in [-0.25, -0.2) is 0 Å². The number of aryl methyl sites for hydroxylation is 1. The van der Waals surface area contributed by atoms with Gasteiger partial charge in [0.2, 0.25) is 5.91 Å². The second-order valence-corrected chi connectivity index (χ2v) is 7.94. The van der Waals surface area contributed by atoms with Crippen LogP contribution in [0.2, 0.25) is 0 Å². The summed E-state index contributed by atoms with van der Waals surface area (Å²) < 4.78 is 0.